The van der Waals surface area contributed by atoms with E-state index < -0.39 is 24.0 Å². The third-order valence-electron chi connectivity index (χ3n) is 3.15. The maximum absolute atomic E-state index is 12.2. The number of carbonyl (C=O) groups excluding carboxylic acids is 3. The van der Waals surface area contributed by atoms with E-state index in [2.05, 4.69) is 5.32 Å². The average Bonchev–Trinajstić information content (AvgIpc) is 2.80. The van der Waals surface area contributed by atoms with Gasteiger partial charge in [0.25, 0.3) is 5.91 Å². The molecule has 1 aliphatic heterocycles. The maximum Gasteiger partial charge on any atom is 0.339 e. The molecule has 8 nitrogen and oxygen atoms in total. The third kappa shape index (κ3) is 4.29. The first-order valence-electron chi connectivity index (χ1n) is 7.25. The van der Waals surface area contributed by atoms with E-state index in [-0.39, 0.29) is 10.6 Å². The Morgan fingerprint density at radius 3 is 2.67 bits per heavy atom. The molecule has 0 saturated carbocycles. The molecular formula is C15H17ClN2O6. The molecule has 1 atom stereocenters. The van der Waals surface area contributed by atoms with Gasteiger partial charge in [-0.3, -0.25) is 10.1 Å². The van der Waals surface area contributed by atoms with Crippen LogP contribution in [0.2, 0.25) is 5.02 Å². The molecule has 0 aliphatic carbocycles. The van der Waals surface area contributed by atoms with Gasteiger partial charge in [0.15, 0.2) is 17.6 Å². The molecule has 9 heteroatoms. The number of esters is 1. The Morgan fingerprint density at radius 2 is 1.96 bits per heavy atom. The summed E-state index contributed by atoms with van der Waals surface area (Å²) in [7, 11) is 1.36. The molecule has 0 aromatic heterocycles. The van der Waals surface area contributed by atoms with E-state index in [1.54, 1.807) is 0 Å². The van der Waals surface area contributed by atoms with E-state index in [9.17, 15) is 14.4 Å². The minimum Gasteiger partial charge on any atom is -0.489 e. The van der Waals surface area contributed by atoms with Crippen LogP contribution in [-0.2, 0) is 9.53 Å². The van der Waals surface area contributed by atoms with Gasteiger partial charge >= 0.3 is 12.0 Å². The van der Waals surface area contributed by atoms with Crippen LogP contribution in [0.3, 0.4) is 0 Å². The van der Waals surface area contributed by atoms with Gasteiger partial charge in [-0.15, -0.1) is 0 Å². The summed E-state index contributed by atoms with van der Waals surface area (Å²) >= 11 is 6.11. The highest BCUT2D eigenvalue weighted by Crippen LogP contribution is 2.38. The summed E-state index contributed by atoms with van der Waals surface area (Å²) in [6, 6.07) is 2.13. The molecule has 1 aliphatic rings. The number of carbonyl (C=O) groups is 3. The van der Waals surface area contributed by atoms with Crippen LogP contribution in [-0.4, -0.2) is 44.3 Å². The molecule has 0 radical (unpaired) electrons. The second-order valence-electron chi connectivity index (χ2n) is 4.95. The first kappa shape index (κ1) is 17.9. The largest absolute Gasteiger partial charge is 0.489 e. The fourth-order valence-corrected chi connectivity index (χ4v) is 2.17. The smallest absolute Gasteiger partial charge is 0.339 e. The number of benzene rings is 1. The highest BCUT2D eigenvalue weighted by Gasteiger charge is 2.23. The van der Waals surface area contributed by atoms with Crippen molar-refractivity contribution in [3.63, 3.8) is 0 Å². The lowest BCUT2D eigenvalue weighted by atomic mass is 10.2. The van der Waals surface area contributed by atoms with Gasteiger partial charge in [-0.05, 0) is 19.1 Å². The lowest BCUT2D eigenvalue weighted by Gasteiger charge is -2.14. The average molecular weight is 357 g/mol. The van der Waals surface area contributed by atoms with Gasteiger partial charge < -0.3 is 19.5 Å². The zero-order chi connectivity index (χ0) is 17.7. The van der Waals surface area contributed by atoms with Crippen LogP contribution in [0.25, 0.3) is 0 Å². The van der Waals surface area contributed by atoms with Gasteiger partial charge in [-0.1, -0.05) is 11.6 Å². The van der Waals surface area contributed by atoms with Crippen LogP contribution in [0.4, 0.5) is 4.79 Å². The van der Waals surface area contributed by atoms with E-state index in [1.165, 1.54) is 26.1 Å². The van der Waals surface area contributed by atoms with E-state index in [0.717, 1.165) is 0 Å². The van der Waals surface area contributed by atoms with Crippen molar-refractivity contribution < 1.29 is 28.6 Å². The molecule has 1 aromatic carbocycles. The molecule has 3 amide bonds. The molecule has 24 heavy (non-hydrogen) atoms. The SMILES string of the molecule is CNC(=O)NC(=O)[C@@H](C)OC(=O)c1cc(Cl)c2c(c1)OCCCO2. The predicted octanol–water partition coefficient (Wildman–Crippen LogP) is 1.50. The second-order valence-corrected chi connectivity index (χ2v) is 5.36. The fraction of sp³-hybridized carbons (Fsp3) is 0.400. The highest BCUT2D eigenvalue weighted by atomic mass is 35.5. The molecular weight excluding hydrogens is 340 g/mol. The Bertz CT molecular complexity index is 664. The Hall–Kier alpha value is -2.48. The Balaban J connectivity index is 2.09. The minimum absolute atomic E-state index is 0.115. The number of ether oxygens (including phenoxy) is 3. The van der Waals surface area contributed by atoms with Crippen molar-refractivity contribution in [2.24, 2.45) is 0 Å². The summed E-state index contributed by atoms with van der Waals surface area (Å²) in [4.78, 5) is 35.0. The Morgan fingerprint density at radius 1 is 1.25 bits per heavy atom. The summed E-state index contributed by atoms with van der Waals surface area (Å²) in [6.07, 6.45) is -0.467. The Kier molecular flexibility index (Phi) is 5.86. The number of fused-ring (bicyclic) bond motifs is 1. The second kappa shape index (κ2) is 7.87. The predicted molar refractivity (Wildman–Crippen MR) is 84.5 cm³/mol. The van der Waals surface area contributed by atoms with Gasteiger partial charge in [0.2, 0.25) is 0 Å². The summed E-state index contributed by atoms with van der Waals surface area (Å²) in [5, 5.41) is 4.45. The zero-order valence-electron chi connectivity index (χ0n) is 13.2. The van der Waals surface area contributed by atoms with Crippen LogP contribution >= 0.6 is 11.6 Å². The molecule has 0 unspecified atom stereocenters. The number of rotatable bonds is 3. The van der Waals surface area contributed by atoms with Crippen LogP contribution in [0.5, 0.6) is 11.5 Å². The summed E-state index contributed by atoms with van der Waals surface area (Å²) in [6.45, 7) is 2.25. The summed E-state index contributed by atoms with van der Waals surface area (Å²) in [5.74, 6) is -0.805. The van der Waals surface area contributed by atoms with Crippen LogP contribution < -0.4 is 20.1 Å². The lowest BCUT2D eigenvalue weighted by molar-refractivity contribution is -0.127. The molecule has 1 aromatic rings. The van der Waals surface area contributed by atoms with Crippen molar-refractivity contribution in [2.45, 2.75) is 19.4 Å². The van der Waals surface area contributed by atoms with Crippen LogP contribution in [0.15, 0.2) is 12.1 Å². The first-order chi connectivity index (χ1) is 11.4. The molecule has 130 valence electrons. The number of imide groups is 1. The summed E-state index contributed by atoms with van der Waals surface area (Å²) in [5.41, 5.74) is 0.115. The van der Waals surface area contributed by atoms with Crippen molar-refractivity contribution in [2.75, 3.05) is 20.3 Å². The van der Waals surface area contributed by atoms with Crippen LogP contribution in [0, 0.1) is 0 Å². The number of hydrogen-bond donors (Lipinski definition) is 2. The van der Waals surface area contributed by atoms with Crippen molar-refractivity contribution >= 4 is 29.5 Å². The topological polar surface area (TPSA) is 103 Å². The normalized spacial score (nSPS) is 14.1. The van der Waals surface area contributed by atoms with Crippen LogP contribution in [0.1, 0.15) is 23.7 Å². The van der Waals surface area contributed by atoms with E-state index in [4.69, 9.17) is 25.8 Å². The van der Waals surface area contributed by atoms with Gasteiger partial charge in [0, 0.05) is 13.5 Å². The van der Waals surface area contributed by atoms with Crippen molar-refractivity contribution in [3.05, 3.63) is 22.7 Å². The molecule has 2 N–H and O–H groups in total. The molecule has 0 bridgehead atoms. The van der Waals surface area contributed by atoms with Crippen molar-refractivity contribution in [3.8, 4) is 11.5 Å². The molecule has 0 saturated heterocycles. The molecule has 1 heterocycles. The standard InChI is InChI=1S/C15H17ClN2O6/c1-8(13(19)18-15(21)17-2)24-14(20)9-6-10(16)12-11(7-9)22-4-3-5-23-12/h6-8H,3-5H2,1-2H3,(H2,17,18,19,21)/t8-/m1/s1. The van der Waals surface area contributed by atoms with Gasteiger partial charge in [0.1, 0.15) is 0 Å². The molecule has 0 spiro atoms. The Labute approximate surface area is 143 Å². The minimum atomic E-state index is -1.16. The maximum atomic E-state index is 12.2. The van der Waals surface area contributed by atoms with Gasteiger partial charge in [-0.25, -0.2) is 9.59 Å². The van der Waals surface area contributed by atoms with Gasteiger partial charge in [0.05, 0.1) is 23.8 Å². The number of hydrogen-bond acceptors (Lipinski definition) is 6. The van der Waals surface area contributed by atoms with E-state index in [0.29, 0.717) is 31.1 Å². The molecule has 2 rings (SSSR count). The number of nitrogens with one attached hydrogen (secondary N) is 2. The summed E-state index contributed by atoms with van der Waals surface area (Å²) < 4.78 is 16.0. The van der Waals surface area contributed by atoms with E-state index >= 15 is 0 Å². The number of amides is 3. The lowest BCUT2D eigenvalue weighted by Crippen LogP contribution is -2.43. The fourth-order valence-electron chi connectivity index (χ4n) is 1.91. The molecule has 0 fully saturated rings. The third-order valence-corrected chi connectivity index (χ3v) is 3.44. The highest BCUT2D eigenvalue weighted by molar-refractivity contribution is 6.32. The first-order valence-corrected chi connectivity index (χ1v) is 7.63. The monoisotopic (exact) mass is 356 g/mol. The number of urea groups is 1. The van der Waals surface area contributed by atoms with Crippen molar-refractivity contribution in [1.82, 2.24) is 10.6 Å². The van der Waals surface area contributed by atoms with E-state index in [1.807, 2.05) is 5.32 Å². The number of halogens is 1. The van der Waals surface area contributed by atoms with Gasteiger partial charge in [-0.2, -0.15) is 0 Å². The quantitative estimate of drug-likeness (QED) is 0.796. The van der Waals surface area contributed by atoms with Crippen molar-refractivity contribution in [1.29, 1.82) is 0 Å². The zero-order valence-corrected chi connectivity index (χ0v) is 13.9.